The Kier molecular flexibility index (Phi) is 9.62. The summed E-state index contributed by atoms with van der Waals surface area (Å²) in [6, 6.07) is 94.0. The van der Waals surface area contributed by atoms with Gasteiger partial charge >= 0.3 is 0 Å². The molecule has 316 valence electrons. The van der Waals surface area contributed by atoms with Gasteiger partial charge in [0.2, 0.25) is 0 Å². The number of hydrogen-bond donors (Lipinski definition) is 0. The van der Waals surface area contributed by atoms with Crippen LogP contribution in [0, 0.1) is 0 Å². The molecule has 0 nitrogen and oxygen atoms in total. The fourth-order valence-corrected chi connectivity index (χ4v) is 10.8. The van der Waals surface area contributed by atoms with Crippen LogP contribution in [-0.2, 0) is 0 Å². The predicted octanol–water partition coefficient (Wildman–Crippen LogP) is 19.1. The lowest BCUT2D eigenvalue weighted by Gasteiger charge is -2.19. The van der Waals surface area contributed by atoms with Gasteiger partial charge in [-0.05, 0) is 150 Å². The van der Waals surface area contributed by atoms with Crippen LogP contribution >= 0.6 is 0 Å². The first kappa shape index (κ1) is 39.5. The molecule has 0 bridgehead atoms. The van der Waals surface area contributed by atoms with E-state index in [1.807, 2.05) is 0 Å². The van der Waals surface area contributed by atoms with Gasteiger partial charge in [0, 0.05) is 0 Å². The van der Waals surface area contributed by atoms with Crippen molar-refractivity contribution in [1.29, 1.82) is 0 Å². The standard InChI is InChI=1S/C68H44/c1-2-14-45(15-3-1)26-27-46-28-30-50(31-29-46)65-57-20-8-10-22-59(57)66(60-23-11-9-21-58(60)65)51-36-32-49(33-37-51)54-40-41-63-64(44-54)68(56-39-35-48-17-5-7-19-53(48)43-56)62-25-13-12-24-61(62)67(63)55-38-34-47-16-4-6-18-52(47)42-55/h1-44H. The molecule has 13 aromatic carbocycles. The van der Waals surface area contributed by atoms with Gasteiger partial charge in [0.15, 0.2) is 0 Å². The predicted molar refractivity (Wildman–Crippen MR) is 294 cm³/mol. The van der Waals surface area contributed by atoms with Gasteiger partial charge in [0.1, 0.15) is 0 Å². The lowest BCUT2D eigenvalue weighted by Crippen LogP contribution is -1.92. The Balaban J connectivity index is 0.953. The van der Waals surface area contributed by atoms with E-state index in [9.17, 15) is 0 Å². The van der Waals surface area contributed by atoms with Crippen LogP contribution in [0.15, 0.2) is 255 Å². The summed E-state index contributed by atoms with van der Waals surface area (Å²) in [4.78, 5) is 0. The van der Waals surface area contributed by atoms with Crippen molar-refractivity contribution in [2.45, 2.75) is 0 Å². The molecule has 68 heavy (non-hydrogen) atoms. The Hall–Kier alpha value is -8.84. The molecule has 13 aromatic rings. The highest BCUT2D eigenvalue weighted by molar-refractivity contribution is 6.23. The van der Waals surface area contributed by atoms with Crippen molar-refractivity contribution in [2.75, 3.05) is 0 Å². The van der Waals surface area contributed by atoms with Crippen LogP contribution in [0.25, 0.3) is 132 Å². The monoisotopic (exact) mass is 860 g/mol. The highest BCUT2D eigenvalue weighted by Gasteiger charge is 2.20. The summed E-state index contributed by atoms with van der Waals surface area (Å²) in [5.74, 6) is 0. The summed E-state index contributed by atoms with van der Waals surface area (Å²) in [5, 5.41) is 15.0. The molecule has 0 N–H and O–H groups in total. The summed E-state index contributed by atoms with van der Waals surface area (Å²) < 4.78 is 0. The minimum atomic E-state index is 1.18. The maximum Gasteiger partial charge on any atom is -0.00259 e. The largest absolute Gasteiger partial charge is 0.0622 e. The quantitative estimate of drug-likeness (QED) is 0.111. The average Bonchev–Trinajstić information content (AvgIpc) is 3.41. The van der Waals surface area contributed by atoms with Crippen molar-refractivity contribution in [3.63, 3.8) is 0 Å². The van der Waals surface area contributed by atoms with Gasteiger partial charge in [0.05, 0.1) is 0 Å². The molecule has 0 radical (unpaired) electrons. The van der Waals surface area contributed by atoms with Gasteiger partial charge in [-0.3, -0.25) is 0 Å². The molecule has 0 heteroatoms. The molecule has 0 fully saturated rings. The maximum atomic E-state index is 2.44. The van der Waals surface area contributed by atoms with E-state index in [-0.39, 0.29) is 0 Å². The third kappa shape index (κ3) is 6.86. The molecule has 0 atom stereocenters. The van der Waals surface area contributed by atoms with E-state index >= 15 is 0 Å². The van der Waals surface area contributed by atoms with Crippen molar-refractivity contribution < 1.29 is 0 Å². The number of benzene rings is 13. The zero-order chi connectivity index (χ0) is 45.0. The molecular formula is C68H44. The first-order chi connectivity index (χ1) is 33.7. The van der Waals surface area contributed by atoms with Gasteiger partial charge in [-0.15, -0.1) is 0 Å². The molecule has 0 unspecified atom stereocenters. The van der Waals surface area contributed by atoms with E-state index in [2.05, 4.69) is 267 Å². The minimum Gasteiger partial charge on any atom is -0.0622 e. The van der Waals surface area contributed by atoms with E-state index in [0.29, 0.717) is 0 Å². The summed E-state index contributed by atoms with van der Waals surface area (Å²) in [6.07, 6.45) is 4.36. The van der Waals surface area contributed by atoms with Crippen molar-refractivity contribution >= 4 is 76.8 Å². The van der Waals surface area contributed by atoms with Crippen LogP contribution in [0.5, 0.6) is 0 Å². The molecule has 0 aliphatic rings. The van der Waals surface area contributed by atoms with Crippen LogP contribution in [0.2, 0.25) is 0 Å². The Morgan fingerprint density at radius 3 is 0.985 bits per heavy atom. The first-order valence-corrected chi connectivity index (χ1v) is 23.6. The zero-order valence-electron chi connectivity index (χ0n) is 37.4. The van der Waals surface area contributed by atoms with Gasteiger partial charge in [0.25, 0.3) is 0 Å². The molecule has 13 rings (SSSR count). The lowest BCUT2D eigenvalue weighted by atomic mass is 9.84. The van der Waals surface area contributed by atoms with Gasteiger partial charge in [-0.2, -0.15) is 0 Å². The van der Waals surface area contributed by atoms with E-state index in [1.54, 1.807) is 0 Å². The Bertz CT molecular complexity index is 4040. The van der Waals surface area contributed by atoms with Crippen LogP contribution in [0.1, 0.15) is 11.1 Å². The van der Waals surface area contributed by atoms with Crippen molar-refractivity contribution in [1.82, 2.24) is 0 Å². The van der Waals surface area contributed by atoms with Crippen LogP contribution in [-0.4, -0.2) is 0 Å². The molecule has 0 amide bonds. The molecule has 0 saturated carbocycles. The molecule has 0 heterocycles. The summed E-state index contributed by atoms with van der Waals surface area (Å²) in [5.41, 5.74) is 14.7. The van der Waals surface area contributed by atoms with E-state index in [1.165, 1.54) is 131 Å². The minimum absolute atomic E-state index is 1.18. The topological polar surface area (TPSA) is 0 Å². The maximum absolute atomic E-state index is 2.44. The third-order valence-corrected chi connectivity index (χ3v) is 14.0. The molecule has 0 saturated heterocycles. The second kappa shape index (κ2) is 16.5. The van der Waals surface area contributed by atoms with Crippen molar-refractivity contribution in [3.8, 4) is 55.6 Å². The Labute approximate surface area is 396 Å². The van der Waals surface area contributed by atoms with Crippen LogP contribution in [0.4, 0.5) is 0 Å². The van der Waals surface area contributed by atoms with Crippen LogP contribution < -0.4 is 0 Å². The van der Waals surface area contributed by atoms with E-state index < -0.39 is 0 Å². The molecule has 0 aliphatic carbocycles. The SMILES string of the molecule is C(=Cc1ccc(-c2c3ccccc3c(-c3ccc(-c4ccc5c(-c6ccc7ccccc7c6)c6ccccc6c(-c6ccc7ccccc7c6)c5c4)cc3)c3ccccc23)cc1)c1ccccc1. The highest BCUT2D eigenvalue weighted by Crippen LogP contribution is 2.47. The smallest absolute Gasteiger partial charge is 0.00259 e. The second-order valence-electron chi connectivity index (χ2n) is 18.0. The van der Waals surface area contributed by atoms with Crippen molar-refractivity contribution in [2.24, 2.45) is 0 Å². The average molecular weight is 861 g/mol. The Morgan fingerprint density at radius 1 is 0.176 bits per heavy atom. The number of hydrogen-bond acceptors (Lipinski definition) is 0. The van der Waals surface area contributed by atoms with Gasteiger partial charge in [-0.25, -0.2) is 0 Å². The molecular weight excluding hydrogens is 817 g/mol. The third-order valence-electron chi connectivity index (χ3n) is 14.0. The van der Waals surface area contributed by atoms with Crippen molar-refractivity contribution in [3.05, 3.63) is 266 Å². The normalized spacial score (nSPS) is 11.8. The zero-order valence-corrected chi connectivity index (χ0v) is 37.4. The summed E-state index contributed by atoms with van der Waals surface area (Å²) in [6.45, 7) is 0. The molecule has 0 aromatic heterocycles. The summed E-state index contributed by atoms with van der Waals surface area (Å²) in [7, 11) is 0. The fourth-order valence-electron chi connectivity index (χ4n) is 10.8. The van der Waals surface area contributed by atoms with Gasteiger partial charge < -0.3 is 0 Å². The molecule has 0 aliphatic heterocycles. The fraction of sp³-hybridized carbons (Fsp3) is 0. The Morgan fingerprint density at radius 2 is 0.500 bits per heavy atom. The first-order valence-electron chi connectivity index (χ1n) is 23.6. The van der Waals surface area contributed by atoms with Gasteiger partial charge in [-0.1, -0.05) is 249 Å². The second-order valence-corrected chi connectivity index (χ2v) is 18.0. The molecule has 0 spiro atoms. The number of fused-ring (bicyclic) bond motifs is 6. The lowest BCUT2D eigenvalue weighted by molar-refractivity contribution is 1.62. The van der Waals surface area contributed by atoms with Crippen LogP contribution in [0.3, 0.4) is 0 Å². The van der Waals surface area contributed by atoms with E-state index in [0.717, 1.165) is 0 Å². The number of rotatable bonds is 7. The highest BCUT2D eigenvalue weighted by atomic mass is 14.2. The van der Waals surface area contributed by atoms with E-state index in [4.69, 9.17) is 0 Å². The summed E-state index contributed by atoms with van der Waals surface area (Å²) >= 11 is 0.